The van der Waals surface area contributed by atoms with Gasteiger partial charge in [0.05, 0.1) is 12.0 Å². The second kappa shape index (κ2) is 9.94. The summed E-state index contributed by atoms with van der Waals surface area (Å²) in [7, 11) is 4.41. The summed E-state index contributed by atoms with van der Waals surface area (Å²) in [6, 6.07) is 1.45. The SMILES string of the molecule is CCOC(=O)[C@]1(C)CCC[C@@]2(C)[C@@H]3CC[C@]4(C)C[C@]3(CC[C@@H]21)C[C@H]4NC(=S)N[C@H]1CCCC[C@@H]1N(C)C. The Morgan fingerprint density at radius 1 is 0.946 bits per heavy atom. The lowest BCUT2D eigenvalue weighted by Crippen LogP contribution is -2.58. The molecule has 0 aromatic carbocycles. The second-order valence-electron chi connectivity index (χ2n) is 14.7. The van der Waals surface area contributed by atoms with Crippen molar-refractivity contribution in [2.45, 2.75) is 129 Å². The molecular weight excluding hydrogens is 478 g/mol. The van der Waals surface area contributed by atoms with Crippen molar-refractivity contribution < 1.29 is 9.53 Å². The van der Waals surface area contributed by atoms with E-state index in [-0.39, 0.29) is 16.8 Å². The zero-order valence-corrected chi connectivity index (χ0v) is 25.3. The third-order valence-corrected chi connectivity index (χ3v) is 12.6. The molecule has 37 heavy (non-hydrogen) atoms. The van der Waals surface area contributed by atoms with Crippen LogP contribution in [0.3, 0.4) is 0 Å². The first kappa shape index (κ1) is 27.7. The van der Waals surface area contributed by atoms with Gasteiger partial charge >= 0.3 is 5.97 Å². The number of fused-ring (bicyclic) bond motifs is 3. The number of esters is 1. The van der Waals surface area contributed by atoms with Crippen molar-refractivity contribution >= 4 is 23.3 Å². The number of hydrogen-bond donors (Lipinski definition) is 2. The molecule has 5 saturated carbocycles. The van der Waals surface area contributed by atoms with Crippen molar-refractivity contribution in [1.82, 2.24) is 15.5 Å². The average Bonchev–Trinajstić information content (AvgIpc) is 3.03. The number of likely N-dealkylation sites (N-methyl/N-ethyl adjacent to an activating group) is 1. The fourth-order valence-corrected chi connectivity index (χ4v) is 11.1. The van der Waals surface area contributed by atoms with E-state index in [4.69, 9.17) is 17.0 Å². The normalized spacial score (nSPS) is 47.1. The molecule has 5 aliphatic carbocycles. The summed E-state index contributed by atoms with van der Waals surface area (Å²) in [5, 5.41) is 8.52. The van der Waals surface area contributed by atoms with Gasteiger partial charge in [-0.2, -0.15) is 0 Å². The maximum Gasteiger partial charge on any atom is 0.312 e. The third kappa shape index (κ3) is 4.54. The number of carbonyl (C=O) groups excluding carboxylic acids is 1. The lowest BCUT2D eigenvalue weighted by molar-refractivity contribution is -0.187. The van der Waals surface area contributed by atoms with Crippen LogP contribution in [-0.2, 0) is 9.53 Å². The van der Waals surface area contributed by atoms with E-state index in [1.807, 2.05) is 6.92 Å². The van der Waals surface area contributed by atoms with Crippen LogP contribution < -0.4 is 10.6 Å². The van der Waals surface area contributed by atoms with Crippen LogP contribution in [0.25, 0.3) is 0 Å². The van der Waals surface area contributed by atoms with E-state index < -0.39 is 0 Å². The second-order valence-corrected chi connectivity index (χ2v) is 15.1. The lowest BCUT2D eigenvalue weighted by atomic mass is 9.40. The molecule has 0 aliphatic heterocycles. The van der Waals surface area contributed by atoms with Gasteiger partial charge in [-0.1, -0.05) is 33.1 Å². The number of rotatable bonds is 5. The summed E-state index contributed by atoms with van der Waals surface area (Å²) in [4.78, 5) is 15.6. The van der Waals surface area contributed by atoms with Crippen molar-refractivity contribution in [2.24, 2.45) is 33.5 Å². The van der Waals surface area contributed by atoms with Gasteiger partial charge in [0.2, 0.25) is 0 Å². The highest BCUT2D eigenvalue weighted by molar-refractivity contribution is 7.80. The van der Waals surface area contributed by atoms with Gasteiger partial charge in [-0.05, 0) is 132 Å². The molecule has 2 N–H and O–H groups in total. The molecule has 5 fully saturated rings. The summed E-state index contributed by atoms with van der Waals surface area (Å²) in [5.41, 5.74) is 0.595. The average molecular weight is 532 g/mol. The van der Waals surface area contributed by atoms with Crippen LogP contribution in [0.4, 0.5) is 0 Å². The van der Waals surface area contributed by atoms with E-state index >= 15 is 0 Å². The Bertz CT molecular complexity index is 896. The number of thiocarbonyl (C=S) groups is 1. The van der Waals surface area contributed by atoms with Gasteiger partial charge in [-0.3, -0.25) is 4.79 Å². The number of nitrogens with zero attached hydrogens (tertiary/aromatic N) is 1. The van der Waals surface area contributed by atoms with Gasteiger partial charge in [-0.25, -0.2) is 0 Å². The van der Waals surface area contributed by atoms with Crippen LogP contribution in [0.5, 0.6) is 0 Å². The monoisotopic (exact) mass is 531 g/mol. The number of hydrogen-bond acceptors (Lipinski definition) is 4. The fourth-order valence-electron chi connectivity index (χ4n) is 10.8. The Labute approximate surface area is 231 Å². The van der Waals surface area contributed by atoms with Crippen LogP contribution in [0.15, 0.2) is 0 Å². The summed E-state index contributed by atoms with van der Waals surface area (Å²) in [6.45, 7) is 9.74. The number of nitrogens with one attached hydrogen (secondary N) is 2. The molecule has 6 heteroatoms. The number of ether oxygens (including phenoxy) is 1. The van der Waals surface area contributed by atoms with E-state index in [0.717, 1.165) is 18.0 Å². The van der Waals surface area contributed by atoms with Gasteiger partial charge in [0.1, 0.15) is 0 Å². The molecule has 0 unspecified atom stereocenters. The molecule has 9 atom stereocenters. The molecule has 210 valence electrons. The summed E-state index contributed by atoms with van der Waals surface area (Å²) in [6.07, 6.45) is 16.0. The lowest BCUT2D eigenvalue weighted by Gasteiger charge is -2.64. The molecule has 2 bridgehead atoms. The van der Waals surface area contributed by atoms with Crippen molar-refractivity contribution in [2.75, 3.05) is 20.7 Å². The number of carbonyl (C=O) groups is 1. The minimum atomic E-state index is -0.323. The van der Waals surface area contributed by atoms with Gasteiger partial charge in [0.15, 0.2) is 5.11 Å². The third-order valence-electron chi connectivity index (χ3n) is 12.4. The van der Waals surface area contributed by atoms with Crippen LogP contribution in [0.2, 0.25) is 0 Å². The van der Waals surface area contributed by atoms with Crippen LogP contribution >= 0.6 is 12.2 Å². The molecule has 0 saturated heterocycles. The van der Waals surface area contributed by atoms with E-state index in [0.29, 0.717) is 47.4 Å². The molecule has 0 heterocycles. The van der Waals surface area contributed by atoms with Gasteiger partial charge in [0.25, 0.3) is 0 Å². The minimum Gasteiger partial charge on any atom is -0.466 e. The van der Waals surface area contributed by atoms with Crippen molar-refractivity contribution in [1.29, 1.82) is 0 Å². The van der Waals surface area contributed by atoms with Crippen molar-refractivity contribution in [3.63, 3.8) is 0 Å². The molecule has 5 aliphatic rings. The molecule has 5 nitrogen and oxygen atoms in total. The summed E-state index contributed by atoms with van der Waals surface area (Å²) >= 11 is 5.97. The van der Waals surface area contributed by atoms with Crippen LogP contribution in [0, 0.1) is 33.5 Å². The Kier molecular flexibility index (Phi) is 7.44. The molecule has 0 aromatic heterocycles. The highest BCUT2D eigenvalue weighted by Crippen LogP contribution is 2.73. The maximum absolute atomic E-state index is 13.2. The molecule has 0 amide bonds. The van der Waals surface area contributed by atoms with Crippen molar-refractivity contribution in [3.8, 4) is 0 Å². The molecule has 0 aromatic rings. The Morgan fingerprint density at radius 2 is 1.68 bits per heavy atom. The predicted octanol–water partition coefficient (Wildman–Crippen LogP) is 6.06. The van der Waals surface area contributed by atoms with E-state index in [9.17, 15) is 4.79 Å². The first-order valence-electron chi connectivity index (χ1n) is 15.4. The fraction of sp³-hybridized carbons (Fsp3) is 0.935. The largest absolute Gasteiger partial charge is 0.466 e. The minimum absolute atomic E-state index is 0.0589. The molecule has 0 radical (unpaired) electrons. The topological polar surface area (TPSA) is 53.6 Å². The molecule has 1 spiro atoms. The van der Waals surface area contributed by atoms with Gasteiger partial charge < -0.3 is 20.3 Å². The highest BCUT2D eigenvalue weighted by atomic mass is 32.1. The van der Waals surface area contributed by atoms with Crippen LogP contribution in [0.1, 0.15) is 111 Å². The van der Waals surface area contributed by atoms with Crippen molar-refractivity contribution in [3.05, 3.63) is 0 Å². The van der Waals surface area contributed by atoms with Gasteiger partial charge in [0, 0.05) is 18.1 Å². The molecule has 5 rings (SSSR count). The molecular formula is C31H53N3O2S. The van der Waals surface area contributed by atoms with E-state index in [1.165, 1.54) is 70.6 Å². The standard InChI is InChI=1S/C31H53N3O2S/c1-7-36-26(35)30(4)16-10-15-29(3)23(30)14-18-31-19-25(28(2,20-31)17-13-24(29)31)33-27(37)32-21-11-8-9-12-22(21)34(5)6/h21-25H,7-20H2,1-6H3,(H2,32,33,37)/t21-,22-,23-,24-,25+,28+,29+,30+,31-/m0/s1. The zero-order chi connectivity index (χ0) is 26.6. The Morgan fingerprint density at radius 3 is 2.41 bits per heavy atom. The quantitative estimate of drug-likeness (QED) is 0.332. The zero-order valence-electron chi connectivity index (χ0n) is 24.5. The summed E-state index contributed by atoms with van der Waals surface area (Å²) < 4.78 is 5.66. The smallest absolute Gasteiger partial charge is 0.312 e. The summed E-state index contributed by atoms with van der Waals surface area (Å²) in [5.74, 6) is 1.20. The Hall–Kier alpha value is -0.880. The van der Waals surface area contributed by atoms with Crippen LogP contribution in [-0.4, -0.2) is 54.8 Å². The maximum atomic E-state index is 13.2. The van der Waals surface area contributed by atoms with E-state index in [2.05, 4.69) is 50.4 Å². The van der Waals surface area contributed by atoms with Gasteiger partial charge in [-0.15, -0.1) is 0 Å². The first-order valence-corrected chi connectivity index (χ1v) is 15.8. The first-order chi connectivity index (χ1) is 17.5. The Balaban J connectivity index is 1.32. The highest BCUT2D eigenvalue weighted by Gasteiger charge is 2.68. The predicted molar refractivity (Wildman–Crippen MR) is 154 cm³/mol. The van der Waals surface area contributed by atoms with E-state index in [1.54, 1.807) is 0 Å².